The summed E-state index contributed by atoms with van der Waals surface area (Å²) in [5, 5.41) is 0. The van der Waals surface area contributed by atoms with E-state index in [4.69, 9.17) is 0 Å². The molecule has 1 aliphatic heterocycles. The number of nitrogens with zero attached hydrogens (tertiary/aromatic N) is 4. The van der Waals surface area contributed by atoms with E-state index >= 15 is 0 Å². The molecule has 2 aromatic heterocycles. The lowest BCUT2D eigenvalue weighted by Gasteiger charge is -2.17. The first-order chi connectivity index (χ1) is 9.67. The number of fused-ring (bicyclic) bond motifs is 1. The quantitative estimate of drug-likeness (QED) is 0.862. The number of rotatable bonds is 4. The van der Waals surface area contributed by atoms with Crippen LogP contribution in [0.5, 0.6) is 0 Å². The molecule has 6 heteroatoms. The average molecular weight is 337 g/mol. The van der Waals surface area contributed by atoms with Gasteiger partial charge in [-0.05, 0) is 34.3 Å². The van der Waals surface area contributed by atoms with Crippen molar-refractivity contribution < 1.29 is 4.79 Å². The Morgan fingerprint density at radius 1 is 1.45 bits per heavy atom. The number of likely N-dealkylation sites (tertiary alicyclic amines) is 1. The van der Waals surface area contributed by atoms with Crippen molar-refractivity contribution in [2.75, 3.05) is 6.54 Å². The second kappa shape index (κ2) is 5.52. The number of imidazole rings is 1. The smallest absolute Gasteiger partial charge is 0.224 e. The molecule has 1 amide bonds. The molecule has 3 heterocycles. The maximum absolute atomic E-state index is 12.0. The summed E-state index contributed by atoms with van der Waals surface area (Å²) in [7, 11) is 0. The highest BCUT2D eigenvalue weighted by molar-refractivity contribution is 9.10. The van der Waals surface area contributed by atoms with E-state index in [1.807, 2.05) is 15.5 Å². The van der Waals surface area contributed by atoms with Crippen molar-refractivity contribution in [3.8, 4) is 0 Å². The summed E-state index contributed by atoms with van der Waals surface area (Å²) in [4.78, 5) is 22.7. The fourth-order valence-electron chi connectivity index (χ4n) is 2.80. The van der Waals surface area contributed by atoms with Crippen LogP contribution in [0.2, 0.25) is 0 Å². The molecule has 1 fully saturated rings. The average Bonchev–Trinajstić information content (AvgIpc) is 2.95. The minimum Gasteiger partial charge on any atom is -0.324 e. The highest BCUT2D eigenvalue weighted by atomic mass is 79.9. The summed E-state index contributed by atoms with van der Waals surface area (Å²) < 4.78 is 2.85. The molecule has 5 nitrogen and oxygen atoms in total. The third-order valence-electron chi connectivity index (χ3n) is 3.74. The maximum atomic E-state index is 12.0. The zero-order valence-corrected chi connectivity index (χ0v) is 13.0. The van der Waals surface area contributed by atoms with Gasteiger partial charge in [-0.3, -0.25) is 9.36 Å². The predicted octanol–water partition coefficient (Wildman–Crippen LogP) is 2.80. The molecule has 106 valence electrons. The molecule has 1 saturated heterocycles. The molecule has 1 atom stereocenters. The summed E-state index contributed by atoms with van der Waals surface area (Å²) in [6, 6.07) is 1.94. The van der Waals surface area contributed by atoms with Crippen LogP contribution in [0.1, 0.15) is 26.2 Å². The molecule has 1 unspecified atom stereocenters. The fourth-order valence-corrected chi connectivity index (χ4v) is 3.12. The van der Waals surface area contributed by atoms with Crippen LogP contribution in [-0.4, -0.2) is 31.9 Å². The fraction of sp³-hybridized carbons (Fsp3) is 0.500. The first-order valence-electron chi connectivity index (χ1n) is 6.91. The Balaban J connectivity index is 1.78. The van der Waals surface area contributed by atoms with Crippen molar-refractivity contribution in [3.05, 3.63) is 23.1 Å². The van der Waals surface area contributed by atoms with Crippen molar-refractivity contribution in [2.45, 2.75) is 32.9 Å². The van der Waals surface area contributed by atoms with Crippen molar-refractivity contribution in [1.82, 2.24) is 19.4 Å². The highest BCUT2D eigenvalue weighted by Crippen LogP contribution is 2.23. The van der Waals surface area contributed by atoms with E-state index in [-0.39, 0.29) is 5.91 Å². The maximum Gasteiger partial charge on any atom is 0.224 e. The molecule has 3 rings (SSSR count). The van der Waals surface area contributed by atoms with Crippen molar-refractivity contribution in [3.63, 3.8) is 0 Å². The predicted molar refractivity (Wildman–Crippen MR) is 80.0 cm³/mol. The summed E-state index contributed by atoms with van der Waals surface area (Å²) >= 11 is 3.39. The van der Waals surface area contributed by atoms with Crippen LogP contribution in [0, 0.1) is 5.92 Å². The van der Waals surface area contributed by atoms with Gasteiger partial charge in [0, 0.05) is 23.6 Å². The van der Waals surface area contributed by atoms with Gasteiger partial charge in [0.1, 0.15) is 12.2 Å². The number of pyridine rings is 1. The van der Waals surface area contributed by atoms with E-state index < -0.39 is 0 Å². The molecule has 0 saturated carbocycles. The number of hydrogen-bond acceptors (Lipinski definition) is 3. The molecular weight excluding hydrogens is 320 g/mol. The summed E-state index contributed by atoms with van der Waals surface area (Å²) in [6.07, 6.45) is 6.45. The molecular formula is C14H17BrN4O. The second-order valence-corrected chi connectivity index (χ2v) is 6.24. The van der Waals surface area contributed by atoms with Gasteiger partial charge >= 0.3 is 0 Å². The van der Waals surface area contributed by atoms with Crippen LogP contribution in [0.4, 0.5) is 0 Å². The molecule has 2 aromatic rings. The summed E-state index contributed by atoms with van der Waals surface area (Å²) in [5.74, 6) is 0.742. The van der Waals surface area contributed by atoms with Gasteiger partial charge < -0.3 is 4.90 Å². The van der Waals surface area contributed by atoms with Crippen LogP contribution < -0.4 is 0 Å². The number of amides is 1. The van der Waals surface area contributed by atoms with E-state index in [1.54, 1.807) is 12.5 Å². The third kappa shape index (κ3) is 2.57. The SMILES string of the molecule is CCCC1CC(=O)N(Cn2cnc3cc(Br)cnc32)C1. The Bertz CT molecular complexity index is 639. The van der Waals surface area contributed by atoms with Crippen molar-refractivity contribution >= 4 is 33.0 Å². The molecule has 20 heavy (non-hydrogen) atoms. The molecule has 0 bridgehead atoms. The molecule has 0 aliphatic carbocycles. The molecule has 0 spiro atoms. The Morgan fingerprint density at radius 2 is 2.30 bits per heavy atom. The topological polar surface area (TPSA) is 51.0 Å². The zero-order valence-electron chi connectivity index (χ0n) is 11.4. The number of hydrogen-bond donors (Lipinski definition) is 0. The minimum absolute atomic E-state index is 0.238. The van der Waals surface area contributed by atoms with E-state index in [0.29, 0.717) is 19.0 Å². The van der Waals surface area contributed by atoms with Crippen LogP contribution in [0.25, 0.3) is 11.2 Å². The van der Waals surface area contributed by atoms with Crippen LogP contribution in [0.3, 0.4) is 0 Å². The second-order valence-electron chi connectivity index (χ2n) is 5.33. The van der Waals surface area contributed by atoms with Gasteiger partial charge in [0.2, 0.25) is 5.91 Å². The van der Waals surface area contributed by atoms with E-state index in [0.717, 1.165) is 35.0 Å². The Kier molecular flexibility index (Phi) is 3.74. The van der Waals surface area contributed by atoms with Crippen LogP contribution in [0.15, 0.2) is 23.1 Å². The van der Waals surface area contributed by atoms with Gasteiger partial charge in [0.05, 0.1) is 6.33 Å². The number of halogens is 1. The van der Waals surface area contributed by atoms with E-state index in [9.17, 15) is 4.79 Å². The van der Waals surface area contributed by atoms with Crippen LogP contribution >= 0.6 is 15.9 Å². The largest absolute Gasteiger partial charge is 0.324 e. The molecule has 1 aliphatic rings. The van der Waals surface area contributed by atoms with Gasteiger partial charge in [0.25, 0.3) is 0 Å². The van der Waals surface area contributed by atoms with E-state index in [1.165, 1.54) is 0 Å². The Hall–Kier alpha value is -1.43. The summed E-state index contributed by atoms with van der Waals surface area (Å²) in [6.45, 7) is 3.56. The first-order valence-corrected chi connectivity index (χ1v) is 7.71. The normalized spacial score (nSPS) is 19.2. The standard InChI is InChI=1S/C14H17BrN4O/c1-2-3-10-4-13(20)18(7-10)9-19-8-17-12-5-11(15)6-16-14(12)19/h5-6,8,10H,2-4,7,9H2,1H3. The lowest BCUT2D eigenvalue weighted by atomic mass is 10.0. The van der Waals surface area contributed by atoms with E-state index in [2.05, 4.69) is 32.8 Å². The monoisotopic (exact) mass is 336 g/mol. The highest BCUT2D eigenvalue weighted by Gasteiger charge is 2.29. The Labute approximate surface area is 126 Å². The van der Waals surface area contributed by atoms with Gasteiger partial charge in [-0.25, -0.2) is 9.97 Å². The van der Waals surface area contributed by atoms with Gasteiger partial charge in [-0.2, -0.15) is 0 Å². The minimum atomic E-state index is 0.238. The number of carbonyl (C=O) groups is 1. The summed E-state index contributed by atoms with van der Waals surface area (Å²) in [5.41, 5.74) is 1.66. The zero-order chi connectivity index (χ0) is 14.1. The number of aromatic nitrogens is 3. The first kappa shape index (κ1) is 13.5. The Morgan fingerprint density at radius 3 is 3.10 bits per heavy atom. The van der Waals surface area contributed by atoms with Crippen molar-refractivity contribution in [2.24, 2.45) is 5.92 Å². The molecule has 0 N–H and O–H groups in total. The third-order valence-corrected chi connectivity index (χ3v) is 4.17. The van der Waals surface area contributed by atoms with Crippen LogP contribution in [-0.2, 0) is 11.5 Å². The van der Waals surface area contributed by atoms with Crippen molar-refractivity contribution in [1.29, 1.82) is 0 Å². The lowest BCUT2D eigenvalue weighted by molar-refractivity contribution is -0.129. The van der Waals surface area contributed by atoms with Gasteiger partial charge in [-0.1, -0.05) is 13.3 Å². The number of carbonyl (C=O) groups excluding carboxylic acids is 1. The molecule has 0 radical (unpaired) electrons. The lowest BCUT2D eigenvalue weighted by Crippen LogP contribution is -2.27. The van der Waals surface area contributed by atoms with Gasteiger partial charge in [-0.15, -0.1) is 0 Å². The van der Waals surface area contributed by atoms with Gasteiger partial charge in [0.15, 0.2) is 5.65 Å². The molecule has 0 aromatic carbocycles.